The molecule has 0 aliphatic heterocycles. The average molecular weight is 286 g/mol. The molecule has 6 heteroatoms. The summed E-state index contributed by atoms with van der Waals surface area (Å²) in [6.07, 6.45) is 2.49. The molecule has 2 aromatic rings. The number of hydrogen-bond acceptors (Lipinski definition) is 4. The van der Waals surface area contributed by atoms with Crippen LogP contribution in [-0.2, 0) is 4.74 Å². The maximum absolute atomic E-state index is 12.1. The number of nitrogens with zero attached hydrogens (tertiary/aromatic N) is 1. The third-order valence-electron chi connectivity index (χ3n) is 2.97. The zero-order chi connectivity index (χ0) is 15.4. The van der Waals surface area contributed by atoms with Crippen molar-refractivity contribution in [2.45, 2.75) is 6.92 Å². The van der Waals surface area contributed by atoms with E-state index in [4.69, 9.17) is 0 Å². The fourth-order valence-electron chi connectivity index (χ4n) is 1.76. The number of hydrogen-bond donors (Lipinski definition) is 1. The van der Waals surface area contributed by atoms with Gasteiger partial charge in [0, 0.05) is 17.8 Å². The highest BCUT2D eigenvalue weighted by molar-refractivity contribution is 6.05. The number of benzene rings is 1. The maximum Gasteiger partial charge on any atom is 0.337 e. The van der Waals surface area contributed by atoms with Crippen molar-refractivity contribution >= 4 is 17.6 Å². The second-order valence-electron chi connectivity index (χ2n) is 4.42. The predicted octanol–water partition coefficient (Wildman–Crippen LogP) is 1.67. The fraction of sp³-hybridized carbons (Fsp3) is 0.133. The molecule has 6 nitrogen and oxygen atoms in total. The molecule has 0 aliphatic carbocycles. The third kappa shape index (κ3) is 3.36. The van der Waals surface area contributed by atoms with E-state index in [-0.39, 0.29) is 5.91 Å². The molecule has 0 saturated carbocycles. The first-order valence-corrected chi connectivity index (χ1v) is 6.20. The van der Waals surface area contributed by atoms with Gasteiger partial charge in [-0.3, -0.25) is 4.79 Å². The monoisotopic (exact) mass is 286 g/mol. The van der Waals surface area contributed by atoms with Crippen molar-refractivity contribution in [3.05, 3.63) is 64.6 Å². The number of rotatable bonds is 3. The molecule has 1 heterocycles. The van der Waals surface area contributed by atoms with Gasteiger partial charge in [-0.2, -0.15) is 4.73 Å². The Bertz CT molecular complexity index is 681. The van der Waals surface area contributed by atoms with Crippen molar-refractivity contribution < 1.29 is 19.1 Å². The van der Waals surface area contributed by atoms with Crippen LogP contribution >= 0.6 is 0 Å². The number of aromatic nitrogens is 1. The molecule has 0 spiro atoms. The van der Waals surface area contributed by atoms with Crippen LogP contribution in [0.15, 0.2) is 42.7 Å². The van der Waals surface area contributed by atoms with Crippen LogP contribution in [0.25, 0.3) is 0 Å². The number of nitrogens with one attached hydrogen (secondary N) is 1. The number of carbonyl (C=O) groups excluding carboxylic acids is 2. The van der Waals surface area contributed by atoms with E-state index in [0.29, 0.717) is 21.5 Å². The van der Waals surface area contributed by atoms with Crippen LogP contribution < -0.4 is 10.0 Å². The van der Waals surface area contributed by atoms with E-state index in [2.05, 4.69) is 10.1 Å². The summed E-state index contributed by atoms with van der Waals surface area (Å²) in [6, 6.07) is 7.73. The van der Waals surface area contributed by atoms with E-state index in [1.54, 1.807) is 18.2 Å². The molecule has 21 heavy (non-hydrogen) atoms. The molecule has 0 aliphatic rings. The van der Waals surface area contributed by atoms with E-state index < -0.39 is 5.97 Å². The number of aryl methyl sites for hydroxylation is 1. The molecule has 2 rings (SSSR count). The minimum Gasteiger partial charge on any atom is -0.619 e. The van der Waals surface area contributed by atoms with Crippen LogP contribution in [0.2, 0.25) is 0 Å². The van der Waals surface area contributed by atoms with Crippen molar-refractivity contribution in [3.8, 4) is 0 Å². The highest BCUT2D eigenvalue weighted by Crippen LogP contribution is 2.18. The Kier molecular flexibility index (Phi) is 4.18. The Morgan fingerprint density at radius 3 is 2.43 bits per heavy atom. The Morgan fingerprint density at radius 1 is 1.14 bits per heavy atom. The smallest absolute Gasteiger partial charge is 0.337 e. The lowest BCUT2D eigenvalue weighted by Crippen LogP contribution is -2.25. The van der Waals surface area contributed by atoms with Crippen molar-refractivity contribution in [1.29, 1.82) is 0 Å². The van der Waals surface area contributed by atoms with Crippen LogP contribution in [0.1, 0.15) is 26.3 Å². The number of esters is 1. The molecular formula is C15H14N2O4. The zero-order valence-corrected chi connectivity index (χ0v) is 11.6. The Balaban J connectivity index is 2.24. The van der Waals surface area contributed by atoms with E-state index in [1.165, 1.54) is 31.6 Å². The van der Waals surface area contributed by atoms with Crippen LogP contribution in [0.4, 0.5) is 5.69 Å². The molecule has 1 amide bonds. The van der Waals surface area contributed by atoms with Gasteiger partial charge in [0.2, 0.25) is 0 Å². The summed E-state index contributed by atoms with van der Waals surface area (Å²) >= 11 is 0. The molecule has 0 saturated heterocycles. The molecule has 0 atom stereocenters. The quantitative estimate of drug-likeness (QED) is 0.528. The van der Waals surface area contributed by atoms with E-state index in [1.807, 2.05) is 6.92 Å². The molecule has 0 bridgehead atoms. The summed E-state index contributed by atoms with van der Waals surface area (Å²) in [6.45, 7) is 1.81. The molecular weight excluding hydrogens is 272 g/mol. The lowest BCUT2D eigenvalue weighted by molar-refractivity contribution is -0.605. The number of methoxy groups -OCH3 is 1. The number of pyridine rings is 1. The highest BCUT2D eigenvalue weighted by atomic mass is 16.5. The van der Waals surface area contributed by atoms with Gasteiger partial charge in [0.1, 0.15) is 0 Å². The minimum absolute atomic E-state index is 0.351. The Morgan fingerprint density at radius 2 is 1.81 bits per heavy atom. The van der Waals surface area contributed by atoms with E-state index >= 15 is 0 Å². The second-order valence-corrected chi connectivity index (χ2v) is 4.42. The molecule has 0 unspecified atom stereocenters. The van der Waals surface area contributed by atoms with Gasteiger partial charge in [0.25, 0.3) is 5.91 Å². The summed E-state index contributed by atoms with van der Waals surface area (Å²) in [5, 5.41) is 13.7. The molecule has 108 valence electrons. The first-order chi connectivity index (χ1) is 10.0. The van der Waals surface area contributed by atoms with Gasteiger partial charge in [0.15, 0.2) is 12.4 Å². The number of carbonyl (C=O) groups is 2. The Hall–Kier alpha value is -2.89. The van der Waals surface area contributed by atoms with Crippen LogP contribution in [0, 0.1) is 12.1 Å². The molecule has 1 aromatic carbocycles. The number of amides is 1. The standard InChI is InChI=1S/C15H14N2O4/c1-10-3-4-12(15(19)21-2)9-13(10)16-14(18)11-5-7-17(20)8-6-11/h3-9H,1-2H3,(H,16,18). The summed E-state index contributed by atoms with van der Waals surface area (Å²) in [5.41, 5.74) is 2.03. The summed E-state index contributed by atoms with van der Waals surface area (Å²) < 4.78 is 5.24. The second kappa shape index (κ2) is 6.04. The SMILES string of the molecule is COC(=O)c1ccc(C)c(NC(=O)c2cc[n+]([O-])cc2)c1. The summed E-state index contributed by atoms with van der Waals surface area (Å²) in [5.74, 6) is -0.835. The minimum atomic E-state index is -0.474. The van der Waals surface area contributed by atoms with Gasteiger partial charge in [-0.1, -0.05) is 6.07 Å². The largest absolute Gasteiger partial charge is 0.619 e. The normalized spacial score (nSPS) is 10.0. The fourth-order valence-corrected chi connectivity index (χ4v) is 1.76. The lowest BCUT2D eigenvalue weighted by Gasteiger charge is -2.10. The van der Waals surface area contributed by atoms with Gasteiger partial charge in [-0.25, -0.2) is 4.79 Å². The molecule has 1 aromatic heterocycles. The van der Waals surface area contributed by atoms with Gasteiger partial charge >= 0.3 is 5.97 Å². The third-order valence-corrected chi connectivity index (χ3v) is 2.97. The van der Waals surface area contributed by atoms with Gasteiger partial charge in [0.05, 0.1) is 18.2 Å². The molecule has 0 radical (unpaired) electrons. The lowest BCUT2D eigenvalue weighted by atomic mass is 10.1. The summed E-state index contributed by atoms with van der Waals surface area (Å²) in [4.78, 5) is 23.6. The van der Waals surface area contributed by atoms with E-state index in [9.17, 15) is 14.8 Å². The van der Waals surface area contributed by atoms with Crippen molar-refractivity contribution in [1.82, 2.24) is 0 Å². The topological polar surface area (TPSA) is 82.3 Å². The average Bonchev–Trinajstić information content (AvgIpc) is 2.49. The van der Waals surface area contributed by atoms with Crippen LogP contribution in [0.5, 0.6) is 0 Å². The maximum atomic E-state index is 12.1. The molecule has 1 N–H and O–H groups in total. The van der Waals surface area contributed by atoms with Crippen molar-refractivity contribution in [2.24, 2.45) is 0 Å². The highest BCUT2D eigenvalue weighted by Gasteiger charge is 2.12. The van der Waals surface area contributed by atoms with Crippen LogP contribution in [0.3, 0.4) is 0 Å². The summed E-state index contributed by atoms with van der Waals surface area (Å²) in [7, 11) is 1.29. The first-order valence-electron chi connectivity index (χ1n) is 6.20. The Labute approximate surface area is 121 Å². The zero-order valence-electron chi connectivity index (χ0n) is 11.6. The number of anilines is 1. The van der Waals surface area contributed by atoms with Crippen LogP contribution in [-0.4, -0.2) is 19.0 Å². The van der Waals surface area contributed by atoms with Gasteiger partial charge in [-0.15, -0.1) is 0 Å². The molecule has 0 fully saturated rings. The van der Waals surface area contributed by atoms with Gasteiger partial charge < -0.3 is 15.3 Å². The number of ether oxygens (including phenoxy) is 1. The van der Waals surface area contributed by atoms with E-state index in [0.717, 1.165) is 5.56 Å². The predicted molar refractivity (Wildman–Crippen MR) is 75.9 cm³/mol. The van der Waals surface area contributed by atoms with Gasteiger partial charge in [-0.05, 0) is 24.6 Å². The van der Waals surface area contributed by atoms with Crippen molar-refractivity contribution in [2.75, 3.05) is 12.4 Å². The first kappa shape index (κ1) is 14.5. The van der Waals surface area contributed by atoms with Crippen molar-refractivity contribution in [3.63, 3.8) is 0 Å².